The lowest BCUT2D eigenvalue weighted by molar-refractivity contribution is -0.0503. The van der Waals surface area contributed by atoms with Gasteiger partial charge >= 0.3 is 15.0 Å². The van der Waals surface area contributed by atoms with Gasteiger partial charge in [0.15, 0.2) is 38.0 Å². The molecule has 3 aromatic heterocycles. The van der Waals surface area contributed by atoms with Gasteiger partial charge in [0.25, 0.3) is 5.56 Å². The summed E-state index contributed by atoms with van der Waals surface area (Å²) in [5, 5.41) is 25.9. The van der Waals surface area contributed by atoms with Crippen molar-refractivity contribution < 1.29 is 46.2 Å². The zero-order valence-corrected chi connectivity index (χ0v) is 36.4. The highest BCUT2D eigenvalue weighted by molar-refractivity contribution is 8.07. The molecule has 57 heavy (non-hydrogen) atoms. The predicted octanol–water partition coefficient (Wildman–Crippen LogP) is 4.69. The van der Waals surface area contributed by atoms with Gasteiger partial charge in [0.05, 0.1) is 44.7 Å². The van der Waals surface area contributed by atoms with E-state index >= 15 is 4.39 Å². The van der Waals surface area contributed by atoms with Gasteiger partial charge in [-0.05, 0) is 48.3 Å². The molecule has 314 valence electrons. The van der Waals surface area contributed by atoms with Crippen LogP contribution in [0.4, 0.5) is 16.2 Å². The number of H-pyrrole nitrogens is 1. The van der Waals surface area contributed by atoms with E-state index in [0.717, 1.165) is 0 Å². The molecule has 24 heteroatoms. The van der Waals surface area contributed by atoms with E-state index in [1.165, 1.54) is 23.4 Å². The molecule has 0 amide bonds. The summed E-state index contributed by atoms with van der Waals surface area (Å²) in [6.45, 7) is 9.71. The molecule has 0 bridgehead atoms. The minimum absolute atomic E-state index is 0.0168. The molecule has 0 radical (unpaired) electrons. The Morgan fingerprint density at radius 2 is 2.02 bits per heavy atom. The number of nitriles is 1. The standard InChI is InChI=1S/C33H50FN9O10P2SSi/c1-19(2)14-37-32-41-29-25(30(45)42-32)39-18-43(29)31-28(27(22(15-44)50-31)53-57(6,7)33(3,4)5)52-55(56,48-12-8-10-35)49-16-20-13-21(24(34)26(20)51-54(46)47)40-23-9-11-36-17-38-23/h9,11,17-22,24,26-28,31,44H,8,12-16H2,1-7H3,(H3-,36,37,38,40,41,42,45,46,47)/p+1/t20-,21-,22-,24+,26-,27-,28-,31-,55+/m1/s1. The Kier molecular flexibility index (Phi) is 15.1. The number of nitrogens with zero attached hydrogens (tertiary/aromatic N) is 6. The van der Waals surface area contributed by atoms with Crippen molar-refractivity contribution in [2.45, 2.75) is 108 Å². The molecule has 4 heterocycles. The number of imidazole rings is 1. The lowest BCUT2D eigenvalue weighted by atomic mass is 10.1. The first-order valence-corrected chi connectivity index (χ1v) is 25.0. The quantitative estimate of drug-likeness (QED) is 0.0623. The third kappa shape index (κ3) is 11.0. The first-order valence-electron chi connectivity index (χ1n) is 18.4. The second-order valence-electron chi connectivity index (χ2n) is 15.8. The number of halogens is 1. The lowest BCUT2D eigenvalue weighted by Crippen LogP contribution is -2.50. The highest BCUT2D eigenvalue weighted by Gasteiger charge is 2.54. The molecule has 0 spiro atoms. The second-order valence-corrected chi connectivity index (χ2v) is 24.2. The Morgan fingerprint density at radius 1 is 1.26 bits per heavy atom. The van der Waals surface area contributed by atoms with Crippen LogP contribution in [0.25, 0.3) is 11.2 Å². The number of nitrogens with one attached hydrogen (secondary N) is 3. The van der Waals surface area contributed by atoms with Crippen molar-refractivity contribution >= 4 is 58.0 Å². The number of rotatable bonds is 19. The van der Waals surface area contributed by atoms with E-state index in [2.05, 4.69) is 35.6 Å². The summed E-state index contributed by atoms with van der Waals surface area (Å²) in [5.74, 6) is -0.0498. The molecule has 1 saturated heterocycles. The molecular formula is C33H51FN9O10P2SSi+. The fourth-order valence-corrected chi connectivity index (χ4v) is 10.1. The van der Waals surface area contributed by atoms with Crippen LogP contribution >= 0.6 is 15.0 Å². The summed E-state index contributed by atoms with van der Waals surface area (Å²) in [6, 6.07) is 2.66. The van der Waals surface area contributed by atoms with Crippen LogP contribution < -0.4 is 16.2 Å². The Morgan fingerprint density at radius 3 is 2.65 bits per heavy atom. The largest absolute Gasteiger partial charge is 0.695 e. The molecule has 5 N–H and O–H groups in total. The number of hydrogen-bond donors (Lipinski definition) is 5. The van der Waals surface area contributed by atoms with Gasteiger partial charge in [-0.25, -0.2) is 19.3 Å². The summed E-state index contributed by atoms with van der Waals surface area (Å²) in [4.78, 5) is 42.4. The molecule has 3 aromatic rings. The third-order valence-corrected chi connectivity index (χ3v) is 17.3. The summed E-state index contributed by atoms with van der Waals surface area (Å²) < 4.78 is 66.7. The van der Waals surface area contributed by atoms with E-state index in [1.807, 2.05) is 53.8 Å². The monoisotopic (exact) mass is 874 g/mol. The van der Waals surface area contributed by atoms with Gasteiger partial charge in [0, 0.05) is 23.2 Å². The first kappa shape index (κ1) is 45.2. The van der Waals surface area contributed by atoms with Crippen LogP contribution in [0, 0.1) is 23.2 Å². The molecular weight excluding hydrogens is 824 g/mol. The minimum Gasteiger partial charge on any atom is -0.408 e. The number of aliphatic hydroxyl groups excluding tert-OH is 1. The smallest absolute Gasteiger partial charge is 0.408 e. The van der Waals surface area contributed by atoms with Crippen molar-refractivity contribution in [1.82, 2.24) is 29.5 Å². The van der Waals surface area contributed by atoms with Gasteiger partial charge in [-0.1, -0.05) is 34.6 Å². The second kappa shape index (κ2) is 19.0. The molecule has 2 fully saturated rings. The van der Waals surface area contributed by atoms with Crippen molar-refractivity contribution in [1.29, 1.82) is 5.26 Å². The highest BCUT2D eigenvalue weighted by Crippen LogP contribution is 2.56. The number of anilines is 2. The summed E-state index contributed by atoms with van der Waals surface area (Å²) in [5.41, 5.74) is -0.338. The van der Waals surface area contributed by atoms with E-state index in [-0.39, 0.29) is 54.1 Å². The van der Waals surface area contributed by atoms with Gasteiger partial charge in [0.2, 0.25) is 5.95 Å². The zero-order chi connectivity index (χ0) is 41.7. The fourth-order valence-electron chi connectivity index (χ4n) is 6.18. The van der Waals surface area contributed by atoms with Crippen molar-refractivity contribution in [2.75, 3.05) is 37.0 Å². The van der Waals surface area contributed by atoms with E-state index in [4.69, 9.17) is 39.1 Å². The molecule has 10 atom stereocenters. The van der Waals surface area contributed by atoms with Crippen LogP contribution in [-0.4, -0.2) is 111 Å². The van der Waals surface area contributed by atoms with Crippen molar-refractivity contribution in [3.8, 4) is 6.07 Å². The first-order chi connectivity index (χ1) is 26.9. The average molecular weight is 875 g/mol. The van der Waals surface area contributed by atoms with Gasteiger partial charge in [-0.3, -0.25) is 18.9 Å². The number of ether oxygens (including phenoxy) is 1. The Bertz CT molecular complexity index is 1990. The normalized spacial score (nSPS) is 26.7. The maximum atomic E-state index is 15.9. The Balaban J connectivity index is 1.52. The molecule has 1 saturated carbocycles. The maximum absolute atomic E-state index is 15.9. The van der Waals surface area contributed by atoms with Gasteiger partial charge in [0.1, 0.15) is 30.5 Å². The Labute approximate surface area is 336 Å². The molecule has 1 aliphatic heterocycles. The summed E-state index contributed by atoms with van der Waals surface area (Å²) in [7, 11) is -5.85. The van der Waals surface area contributed by atoms with Crippen LogP contribution in [-0.2, 0) is 43.6 Å². The zero-order valence-electron chi connectivity index (χ0n) is 32.8. The van der Waals surface area contributed by atoms with Gasteiger partial charge in [-0.15, -0.1) is 9.42 Å². The SMILES string of the molecule is CC(C)CNc1nc2c(ncn2[C@@H]2O[C@H](CO)[C@@H](O[Si](C)(C)C(C)(C)C)[C@H]2O[P@](=S)(OCCC#N)OC[C@H]2C[C@@H](Nc3ccncn3)[C@H](F)[C@@H]2O[P+](=O)O)c(=O)[nH]1. The Hall–Kier alpha value is -2.90. The van der Waals surface area contributed by atoms with Crippen molar-refractivity contribution in [3.63, 3.8) is 0 Å². The van der Waals surface area contributed by atoms with Crippen LogP contribution in [0.3, 0.4) is 0 Å². The fraction of sp³-hybridized carbons (Fsp3) is 0.697. The number of fused-ring (bicyclic) bond motifs is 1. The van der Waals surface area contributed by atoms with Gasteiger partial charge < -0.3 is 34.0 Å². The number of aromatic amines is 1. The summed E-state index contributed by atoms with van der Waals surface area (Å²) >= 11 is 5.99. The number of hydrogen-bond acceptors (Lipinski definition) is 17. The molecule has 5 rings (SSSR count). The topological polar surface area (TPSA) is 250 Å². The van der Waals surface area contributed by atoms with Crippen molar-refractivity contribution in [3.05, 3.63) is 35.3 Å². The van der Waals surface area contributed by atoms with E-state index in [9.17, 15) is 24.6 Å². The molecule has 0 aromatic carbocycles. The molecule has 1 aliphatic carbocycles. The van der Waals surface area contributed by atoms with Gasteiger partial charge in [-0.2, -0.15) is 10.2 Å². The molecule has 2 aliphatic rings. The number of aromatic nitrogens is 6. The predicted molar refractivity (Wildman–Crippen MR) is 213 cm³/mol. The van der Waals surface area contributed by atoms with E-state index in [1.54, 1.807) is 6.07 Å². The van der Waals surface area contributed by atoms with Crippen LogP contribution in [0.1, 0.15) is 53.7 Å². The summed E-state index contributed by atoms with van der Waals surface area (Å²) in [6.07, 6.45) is -3.30. The van der Waals surface area contributed by atoms with Crippen LogP contribution in [0.5, 0.6) is 0 Å². The highest BCUT2D eigenvalue weighted by atomic mass is 32.5. The van der Waals surface area contributed by atoms with Crippen LogP contribution in [0.2, 0.25) is 18.1 Å². The number of alkyl halides is 1. The van der Waals surface area contributed by atoms with E-state index in [0.29, 0.717) is 12.4 Å². The third-order valence-electron chi connectivity index (χ3n) is 10.1. The average Bonchev–Trinajstić information content (AvgIpc) is 3.79. The number of aliphatic hydroxyl groups is 1. The maximum Gasteiger partial charge on any atom is 0.695 e. The van der Waals surface area contributed by atoms with Crippen LogP contribution in [0.15, 0.2) is 29.7 Å². The molecule has 19 nitrogen and oxygen atoms in total. The van der Waals surface area contributed by atoms with E-state index < -0.39 is 84.2 Å². The van der Waals surface area contributed by atoms with Crippen molar-refractivity contribution in [2.24, 2.45) is 11.8 Å². The lowest BCUT2D eigenvalue weighted by Gasteiger charge is -2.41. The minimum atomic E-state index is -3.97. The molecule has 1 unspecified atom stereocenters.